The summed E-state index contributed by atoms with van der Waals surface area (Å²) in [5.74, 6) is -0.746. The molecule has 0 aromatic heterocycles. The first kappa shape index (κ1) is 18.5. The molecule has 0 unspecified atom stereocenters. The molecule has 0 fully saturated rings. The Balaban J connectivity index is 1.97. The third-order valence-corrected chi connectivity index (χ3v) is 5.81. The molecule has 4 rings (SSSR count). The van der Waals surface area contributed by atoms with Crippen molar-refractivity contribution in [1.82, 2.24) is 0 Å². The molecule has 4 aromatic carbocycles. The third-order valence-electron chi connectivity index (χ3n) is 4.48. The second kappa shape index (κ2) is 7.30. The number of thiol groups is 2. The third kappa shape index (κ3) is 3.40. The fourth-order valence-corrected chi connectivity index (χ4v) is 4.34. The maximum absolute atomic E-state index is 14.8. The Labute approximate surface area is 175 Å². The van der Waals surface area contributed by atoms with E-state index < -0.39 is 5.82 Å². The van der Waals surface area contributed by atoms with Crippen molar-refractivity contribution in [1.29, 1.82) is 0 Å². The predicted molar refractivity (Wildman–Crippen MR) is 117 cm³/mol. The number of fused-ring (bicyclic) bond motifs is 1. The molecular weight excluding hydrogens is 446 g/mol. The number of halogens is 3. The topological polar surface area (TPSA) is 0 Å². The molecule has 0 aliphatic rings. The summed E-state index contributed by atoms with van der Waals surface area (Å²) in [6, 6.07) is 19.2. The van der Waals surface area contributed by atoms with Crippen molar-refractivity contribution in [2.24, 2.45) is 0 Å². The normalized spacial score (nSPS) is 11.1. The first-order chi connectivity index (χ1) is 13.0. The summed E-state index contributed by atoms with van der Waals surface area (Å²) in [6.07, 6.45) is 0. The average Bonchev–Trinajstić information content (AvgIpc) is 2.63. The maximum Gasteiger partial charge on any atom is 0.132 e. The van der Waals surface area contributed by atoms with Gasteiger partial charge < -0.3 is 0 Å². The van der Waals surface area contributed by atoms with Crippen LogP contribution in [-0.4, -0.2) is 0 Å². The minimum atomic E-state index is -0.397. The van der Waals surface area contributed by atoms with Gasteiger partial charge in [0.1, 0.15) is 11.6 Å². The minimum Gasteiger partial charge on any atom is -0.206 e. The van der Waals surface area contributed by atoms with Gasteiger partial charge in [-0.3, -0.25) is 0 Å². The fourth-order valence-electron chi connectivity index (χ4n) is 3.17. The molecule has 0 heterocycles. The van der Waals surface area contributed by atoms with Gasteiger partial charge in [-0.15, -0.1) is 25.3 Å². The van der Waals surface area contributed by atoms with Crippen molar-refractivity contribution in [3.05, 3.63) is 82.8 Å². The Morgan fingerprint density at radius 3 is 2.00 bits per heavy atom. The van der Waals surface area contributed by atoms with Crippen molar-refractivity contribution in [2.45, 2.75) is 9.79 Å². The SMILES string of the molecule is Fc1cc2ccccc2cc1-c1ccc(S)c(-c2ccc(Br)cc2F)c1S. The van der Waals surface area contributed by atoms with Crippen molar-refractivity contribution in [3.63, 3.8) is 0 Å². The van der Waals surface area contributed by atoms with Crippen molar-refractivity contribution in [3.8, 4) is 22.3 Å². The lowest BCUT2D eigenvalue weighted by atomic mass is 9.96. The molecule has 5 heteroatoms. The molecule has 0 N–H and O–H groups in total. The van der Waals surface area contributed by atoms with E-state index in [0.717, 1.165) is 10.8 Å². The van der Waals surface area contributed by atoms with Gasteiger partial charge in [0, 0.05) is 31.0 Å². The summed E-state index contributed by atoms with van der Waals surface area (Å²) < 4.78 is 30.0. The number of benzene rings is 4. The summed E-state index contributed by atoms with van der Waals surface area (Å²) in [4.78, 5) is 1.06. The van der Waals surface area contributed by atoms with E-state index in [2.05, 4.69) is 41.2 Å². The Kier molecular flexibility index (Phi) is 5.01. The molecule has 0 saturated carbocycles. The molecule has 0 nitrogen and oxygen atoms in total. The van der Waals surface area contributed by atoms with Gasteiger partial charge in [-0.1, -0.05) is 52.3 Å². The van der Waals surface area contributed by atoms with Crippen LogP contribution in [0.3, 0.4) is 0 Å². The highest BCUT2D eigenvalue weighted by Crippen LogP contribution is 2.41. The van der Waals surface area contributed by atoms with E-state index in [1.807, 2.05) is 24.3 Å². The lowest BCUT2D eigenvalue weighted by molar-refractivity contribution is 0.629. The van der Waals surface area contributed by atoms with Gasteiger partial charge in [0.15, 0.2) is 0 Å². The van der Waals surface area contributed by atoms with Gasteiger partial charge in [0.2, 0.25) is 0 Å². The summed E-state index contributed by atoms with van der Waals surface area (Å²) in [5, 5.41) is 1.75. The van der Waals surface area contributed by atoms with Crippen LogP contribution in [0.1, 0.15) is 0 Å². The van der Waals surface area contributed by atoms with Gasteiger partial charge in [0.25, 0.3) is 0 Å². The largest absolute Gasteiger partial charge is 0.206 e. The van der Waals surface area contributed by atoms with Crippen LogP contribution in [0.4, 0.5) is 8.78 Å². The van der Waals surface area contributed by atoms with Crippen molar-refractivity contribution < 1.29 is 8.78 Å². The highest BCUT2D eigenvalue weighted by Gasteiger charge is 2.18. The van der Waals surface area contributed by atoms with E-state index in [-0.39, 0.29) is 5.82 Å². The molecule has 4 aromatic rings. The Morgan fingerprint density at radius 2 is 1.30 bits per heavy atom. The van der Waals surface area contributed by atoms with Gasteiger partial charge in [-0.2, -0.15) is 0 Å². The Hall–Kier alpha value is -1.82. The second-order valence-corrected chi connectivity index (χ2v) is 8.00. The number of rotatable bonds is 2. The van der Waals surface area contributed by atoms with Crippen LogP contribution < -0.4 is 0 Å². The van der Waals surface area contributed by atoms with E-state index >= 15 is 0 Å². The minimum absolute atomic E-state index is 0.349. The summed E-state index contributed by atoms with van der Waals surface area (Å²) >= 11 is 12.4. The quantitative estimate of drug-likeness (QED) is 0.281. The number of hydrogen-bond acceptors (Lipinski definition) is 2. The van der Waals surface area contributed by atoms with E-state index in [4.69, 9.17) is 0 Å². The first-order valence-electron chi connectivity index (χ1n) is 8.14. The maximum atomic E-state index is 14.8. The van der Waals surface area contributed by atoms with Crippen LogP contribution in [0.5, 0.6) is 0 Å². The molecule has 0 aliphatic carbocycles. The Morgan fingerprint density at radius 1 is 0.667 bits per heavy atom. The summed E-state index contributed by atoms with van der Waals surface area (Å²) in [5.41, 5.74) is 1.93. The Bertz CT molecular complexity index is 1190. The molecule has 0 bridgehead atoms. The zero-order chi connectivity index (χ0) is 19.1. The standard InChI is InChI=1S/C22H13BrF2S2/c23-14-5-6-16(19(25)11-14)21-20(26)8-7-15(22(21)27)17-9-12-3-1-2-4-13(12)10-18(17)24/h1-11,26-27H. The lowest BCUT2D eigenvalue weighted by Gasteiger charge is -2.15. The summed E-state index contributed by atoms with van der Waals surface area (Å²) in [6.45, 7) is 0. The number of hydrogen-bond donors (Lipinski definition) is 2. The second-order valence-electron chi connectivity index (χ2n) is 6.16. The predicted octanol–water partition coefficient (Wildman–Crippen LogP) is 7.79. The molecule has 0 spiro atoms. The molecule has 0 saturated heterocycles. The molecule has 0 aliphatic heterocycles. The highest BCUT2D eigenvalue weighted by atomic mass is 79.9. The van der Waals surface area contributed by atoms with Gasteiger partial charge in [0.05, 0.1) is 0 Å². The van der Waals surface area contributed by atoms with Crippen molar-refractivity contribution >= 4 is 52.0 Å². The van der Waals surface area contributed by atoms with Crippen LogP contribution in [0.25, 0.3) is 33.0 Å². The van der Waals surface area contributed by atoms with Crippen LogP contribution in [-0.2, 0) is 0 Å². The molecule has 0 amide bonds. The van der Waals surface area contributed by atoms with Gasteiger partial charge in [-0.05, 0) is 46.7 Å². The molecule has 27 heavy (non-hydrogen) atoms. The average molecular weight is 459 g/mol. The lowest BCUT2D eigenvalue weighted by Crippen LogP contribution is -1.93. The van der Waals surface area contributed by atoms with Gasteiger partial charge in [-0.25, -0.2) is 8.78 Å². The highest BCUT2D eigenvalue weighted by molar-refractivity contribution is 9.10. The molecule has 134 valence electrons. The monoisotopic (exact) mass is 458 g/mol. The molecule has 0 atom stereocenters. The van der Waals surface area contributed by atoms with Crippen LogP contribution >= 0.6 is 41.2 Å². The van der Waals surface area contributed by atoms with Crippen LogP contribution in [0.2, 0.25) is 0 Å². The molecule has 0 radical (unpaired) electrons. The first-order valence-corrected chi connectivity index (χ1v) is 9.83. The van der Waals surface area contributed by atoms with E-state index in [9.17, 15) is 8.78 Å². The van der Waals surface area contributed by atoms with Crippen LogP contribution in [0.15, 0.2) is 81.0 Å². The zero-order valence-electron chi connectivity index (χ0n) is 13.9. The fraction of sp³-hybridized carbons (Fsp3) is 0. The van der Waals surface area contributed by atoms with E-state index in [0.29, 0.717) is 36.5 Å². The van der Waals surface area contributed by atoms with E-state index in [1.165, 1.54) is 12.1 Å². The van der Waals surface area contributed by atoms with E-state index in [1.54, 1.807) is 30.3 Å². The van der Waals surface area contributed by atoms with Crippen LogP contribution in [0, 0.1) is 11.6 Å². The summed E-state index contributed by atoms with van der Waals surface area (Å²) in [7, 11) is 0. The van der Waals surface area contributed by atoms with Gasteiger partial charge >= 0.3 is 0 Å². The van der Waals surface area contributed by atoms with Crippen molar-refractivity contribution in [2.75, 3.05) is 0 Å². The smallest absolute Gasteiger partial charge is 0.132 e. The molecular formula is C22H13BrF2S2. The zero-order valence-corrected chi connectivity index (χ0v) is 17.3.